The van der Waals surface area contributed by atoms with E-state index < -0.39 is 0 Å². The summed E-state index contributed by atoms with van der Waals surface area (Å²) in [6.45, 7) is 4.05. The molecule has 2 nitrogen and oxygen atoms in total. The van der Waals surface area contributed by atoms with Crippen LogP contribution >= 0.6 is 11.3 Å². The molecule has 0 aliphatic heterocycles. The van der Waals surface area contributed by atoms with E-state index in [1.54, 1.807) is 11.3 Å². The van der Waals surface area contributed by atoms with Crippen LogP contribution in [0.5, 0.6) is 0 Å². The lowest BCUT2D eigenvalue weighted by Gasteiger charge is -2.04. The molecule has 1 aromatic rings. The van der Waals surface area contributed by atoms with Crippen molar-refractivity contribution in [3.05, 3.63) is 29.0 Å². The number of hydrogen-bond donors (Lipinski definition) is 1. The van der Waals surface area contributed by atoms with Crippen molar-refractivity contribution in [2.45, 2.75) is 0 Å². The maximum absolute atomic E-state index is 8.45. The maximum atomic E-state index is 8.45. The fourth-order valence-electron chi connectivity index (χ4n) is 0.675. The summed E-state index contributed by atoms with van der Waals surface area (Å²) < 4.78 is 5.10. The van der Waals surface area contributed by atoms with Gasteiger partial charge in [0.25, 0.3) is 0 Å². The van der Waals surface area contributed by atoms with Crippen LogP contribution in [0.3, 0.4) is 0 Å². The third-order valence-corrected chi connectivity index (χ3v) is 1.89. The second-order valence-corrected chi connectivity index (χ2v) is 2.79. The Hall–Kier alpha value is -0.800. The molecule has 1 heterocycles. The first-order valence-corrected chi connectivity index (χ1v) is 4.24. The average Bonchev–Trinajstić information content (AvgIpc) is 2.52. The number of thiophene rings is 1. The predicted molar refractivity (Wildman–Crippen MR) is 46.4 cm³/mol. The molecule has 1 N–H and O–H groups in total. The van der Waals surface area contributed by atoms with Gasteiger partial charge in [-0.15, -0.1) is 0 Å². The first kappa shape index (κ1) is 8.30. The molecule has 0 atom stereocenters. The molecule has 0 spiro atoms. The molecule has 0 saturated carbocycles. The van der Waals surface area contributed by atoms with Gasteiger partial charge in [-0.3, -0.25) is 0 Å². The van der Waals surface area contributed by atoms with Gasteiger partial charge in [0.05, 0.1) is 6.61 Å². The Kier molecular flexibility index (Phi) is 3.14. The highest BCUT2D eigenvalue weighted by Crippen LogP contribution is 2.16. The molecule has 0 radical (unpaired) electrons. The van der Waals surface area contributed by atoms with Gasteiger partial charge in [0.1, 0.15) is 12.4 Å². The lowest BCUT2D eigenvalue weighted by atomic mass is 10.3. The molecule has 60 valence electrons. The summed E-state index contributed by atoms with van der Waals surface area (Å²) >= 11 is 1.60. The number of ether oxygens (including phenoxy) is 1. The molecule has 0 saturated heterocycles. The van der Waals surface area contributed by atoms with Gasteiger partial charge >= 0.3 is 0 Å². The number of hydrogen-bond acceptors (Lipinski definition) is 3. The van der Waals surface area contributed by atoms with Gasteiger partial charge in [-0.25, -0.2) is 0 Å². The van der Waals surface area contributed by atoms with Crippen molar-refractivity contribution in [2.24, 2.45) is 0 Å². The summed E-state index contributed by atoms with van der Waals surface area (Å²) in [5.74, 6) is 0.625. The Labute approximate surface area is 69.7 Å². The van der Waals surface area contributed by atoms with E-state index in [-0.39, 0.29) is 6.61 Å². The summed E-state index contributed by atoms with van der Waals surface area (Å²) in [7, 11) is 0. The van der Waals surface area contributed by atoms with Crippen molar-refractivity contribution in [3.63, 3.8) is 0 Å². The molecule has 0 fully saturated rings. The number of aliphatic hydroxyl groups excluding tert-OH is 1. The van der Waals surface area contributed by atoms with Crippen LogP contribution in [0.25, 0.3) is 5.76 Å². The zero-order chi connectivity index (χ0) is 8.10. The minimum Gasteiger partial charge on any atom is -0.491 e. The van der Waals surface area contributed by atoms with Crippen molar-refractivity contribution >= 4 is 17.1 Å². The van der Waals surface area contributed by atoms with E-state index in [1.807, 2.05) is 16.8 Å². The lowest BCUT2D eigenvalue weighted by molar-refractivity contribution is 0.181. The van der Waals surface area contributed by atoms with Crippen LogP contribution in [0.15, 0.2) is 23.4 Å². The van der Waals surface area contributed by atoms with Gasteiger partial charge < -0.3 is 9.84 Å². The Balaban J connectivity index is 2.43. The van der Waals surface area contributed by atoms with Crippen LogP contribution in [0, 0.1) is 0 Å². The van der Waals surface area contributed by atoms with Crippen LogP contribution in [0.1, 0.15) is 5.56 Å². The van der Waals surface area contributed by atoms with Crippen molar-refractivity contribution in [3.8, 4) is 0 Å². The molecule has 1 rings (SSSR count). The van der Waals surface area contributed by atoms with E-state index in [1.165, 1.54) is 0 Å². The highest BCUT2D eigenvalue weighted by Gasteiger charge is 1.97. The Morgan fingerprint density at radius 2 is 2.55 bits per heavy atom. The zero-order valence-corrected chi connectivity index (χ0v) is 6.93. The molecule has 0 aromatic carbocycles. The van der Waals surface area contributed by atoms with E-state index in [2.05, 4.69) is 6.58 Å². The monoisotopic (exact) mass is 170 g/mol. The largest absolute Gasteiger partial charge is 0.491 e. The summed E-state index contributed by atoms with van der Waals surface area (Å²) in [4.78, 5) is 0. The number of aliphatic hydroxyl groups is 1. The minimum absolute atomic E-state index is 0.0309. The van der Waals surface area contributed by atoms with E-state index in [0.717, 1.165) is 5.56 Å². The van der Waals surface area contributed by atoms with Crippen molar-refractivity contribution < 1.29 is 9.84 Å². The summed E-state index contributed by atoms with van der Waals surface area (Å²) in [5, 5.41) is 12.4. The second kappa shape index (κ2) is 4.16. The highest BCUT2D eigenvalue weighted by molar-refractivity contribution is 7.08. The van der Waals surface area contributed by atoms with Gasteiger partial charge in [-0.1, -0.05) is 6.58 Å². The van der Waals surface area contributed by atoms with Crippen molar-refractivity contribution in [1.29, 1.82) is 0 Å². The first-order chi connectivity index (χ1) is 5.34. The van der Waals surface area contributed by atoms with Gasteiger partial charge in [0.15, 0.2) is 0 Å². The Morgan fingerprint density at radius 3 is 3.09 bits per heavy atom. The zero-order valence-electron chi connectivity index (χ0n) is 6.12. The third-order valence-electron chi connectivity index (χ3n) is 1.21. The van der Waals surface area contributed by atoms with Crippen LogP contribution in [-0.4, -0.2) is 18.3 Å². The van der Waals surface area contributed by atoms with Crippen molar-refractivity contribution in [1.82, 2.24) is 0 Å². The molecule has 1 aromatic heterocycles. The molecule has 3 heteroatoms. The summed E-state index contributed by atoms with van der Waals surface area (Å²) in [6.07, 6.45) is 0. The standard InChI is InChI=1S/C8H10O2S/c1-7(10-4-3-9)8-2-5-11-6-8/h2,5-6,9H,1,3-4H2. The molecule has 0 bridgehead atoms. The topological polar surface area (TPSA) is 29.5 Å². The second-order valence-electron chi connectivity index (χ2n) is 2.01. The molecule has 0 aliphatic rings. The molecular formula is C8H10O2S. The van der Waals surface area contributed by atoms with Crippen LogP contribution < -0.4 is 0 Å². The van der Waals surface area contributed by atoms with Crippen molar-refractivity contribution in [2.75, 3.05) is 13.2 Å². The summed E-state index contributed by atoms with van der Waals surface area (Å²) in [5.41, 5.74) is 0.989. The van der Waals surface area contributed by atoms with Gasteiger partial charge in [-0.2, -0.15) is 11.3 Å². The van der Waals surface area contributed by atoms with Gasteiger partial charge in [0.2, 0.25) is 0 Å². The summed E-state index contributed by atoms with van der Waals surface area (Å²) in [6, 6.07) is 1.93. The molecule has 0 amide bonds. The molecular weight excluding hydrogens is 160 g/mol. The van der Waals surface area contributed by atoms with E-state index in [9.17, 15) is 0 Å². The highest BCUT2D eigenvalue weighted by atomic mass is 32.1. The maximum Gasteiger partial charge on any atom is 0.120 e. The predicted octanol–water partition coefficient (Wildman–Crippen LogP) is 1.73. The molecule has 0 unspecified atom stereocenters. The smallest absolute Gasteiger partial charge is 0.120 e. The van der Waals surface area contributed by atoms with E-state index in [0.29, 0.717) is 12.4 Å². The van der Waals surface area contributed by atoms with Gasteiger partial charge in [-0.05, 0) is 11.4 Å². The fraction of sp³-hybridized carbons (Fsp3) is 0.250. The molecule has 0 aliphatic carbocycles. The quantitative estimate of drug-likeness (QED) is 0.697. The van der Waals surface area contributed by atoms with E-state index in [4.69, 9.17) is 9.84 Å². The lowest BCUT2D eigenvalue weighted by Crippen LogP contribution is -1.96. The third kappa shape index (κ3) is 2.37. The minimum atomic E-state index is 0.0309. The van der Waals surface area contributed by atoms with Crippen LogP contribution in [-0.2, 0) is 4.74 Å². The normalized spacial score (nSPS) is 9.55. The Bertz CT molecular complexity index is 216. The average molecular weight is 170 g/mol. The van der Waals surface area contributed by atoms with Crippen LogP contribution in [0.2, 0.25) is 0 Å². The molecule has 11 heavy (non-hydrogen) atoms. The first-order valence-electron chi connectivity index (χ1n) is 3.29. The fourth-order valence-corrected chi connectivity index (χ4v) is 1.34. The number of rotatable bonds is 4. The SMILES string of the molecule is C=C(OCCO)c1ccsc1. The van der Waals surface area contributed by atoms with Crippen LogP contribution in [0.4, 0.5) is 0 Å². The van der Waals surface area contributed by atoms with E-state index >= 15 is 0 Å². The Morgan fingerprint density at radius 1 is 1.73 bits per heavy atom. The van der Waals surface area contributed by atoms with Gasteiger partial charge in [0, 0.05) is 10.9 Å².